The fraction of sp³-hybridized carbons (Fsp3) is 0.455. The van der Waals surface area contributed by atoms with Crippen molar-refractivity contribution >= 4 is 6.08 Å². The van der Waals surface area contributed by atoms with Gasteiger partial charge in [-0.25, -0.2) is 0 Å². The smallest absolute Gasteiger partial charge is 0.0418 e. The fourth-order valence-corrected chi connectivity index (χ4v) is 1.72. The maximum absolute atomic E-state index is 2.38. The topological polar surface area (TPSA) is 8.17 Å². The summed E-state index contributed by atoms with van der Waals surface area (Å²) in [5.41, 5.74) is 1.27. The van der Waals surface area contributed by atoms with Crippen molar-refractivity contribution in [1.29, 1.82) is 0 Å². The third-order valence-electron chi connectivity index (χ3n) is 2.58. The van der Waals surface area contributed by atoms with Crippen LogP contribution in [-0.4, -0.2) is 22.6 Å². The van der Waals surface area contributed by atoms with Gasteiger partial charge in [0.2, 0.25) is 0 Å². The van der Waals surface area contributed by atoms with Crippen LogP contribution in [0, 0.1) is 0 Å². The van der Waals surface area contributed by atoms with Gasteiger partial charge in [-0.15, -0.1) is 0 Å². The molecule has 1 aromatic heterocycles. The van der Waals surface area contributed by atoms with Gasteiger partial charge >= 0.3 is 0 Å². The van der Waals surface area contributed by atoms with E-state index in [1.54, 1.807) is 0 Å². The number of rotatable bonds is 2. The summed E-state index contributed by atoms with van der Waals surface area (Å²) in [5.74, 6) is 0. The van der Waals surface area contributed by atoms with Gasteiger partial charge in [-0.2, -0.15) is 0 Å². The van der Waals surface area contributed by atoms with Gasteiger partial charge in [0.1, 0.15) is 0 Å². The van der Waals surface area contributed by atoms with Crippen molar-refractivity contribution in [2.75, 3.05) is 13.1 Å². The van der Waals surface area contributed by atoms with Crippen LogP contribution in [0.25, 0.3) is 6.08 Å². The summed E-state index contributed by atoms with van der Waals surface area (Å²) < 4.78 is 2.13. The molecular weight excluding hydrogens is 160 g/mol. The van der Waals surface area contributed by atoms with Crippen molar-refractivity contribution in [3.63, 3.8) is 0 Å². The van der Waals surface area contributed by atoms with Gasteiger partial charge in [-0.05, 0) is 31.1 Å². The first-order valence-electron chi connectivity index (χ1n) is 4.90. The van der Waals surface area contributed by atoms with E-state index in [4.69, 9.17) is 0 Å². The van der Waals surface area contributed by atoms with Crippen molar-refractivity contribution in [1.82, 2.24) is 9.47 Å². The van der Waals surface area contributed by atoms with Crippen LogP contribution in [0.5, 0.6) is 0 Å². The number of hydrogen-bond acceptors (Lipinski definition) is 1. The second kappa shape index (κ2) is 3.69. The van der Waals surface area contributed by atoms with E-state index in [1.807, 2.05) is 0 Å². The van der Waals surface area contributed by atoms with Crippen molar-refractivity contribution in [3.05, 3.63) is 30.2 Å². The third kappa shape index (κ3) is 1.94. The third-order valence-corrected chi connectivity index (χ3v) is 2.58. The van der Waals surface area contributed by atoms with Gasteiger partial charge in [0.25, 0.3) is 0 Å². The molecule has 0 radical (unpaired) electrons. The molecule has 0 aromatic carbocycles. The summed E-state index contributed by atoms with van der Waals surface area (Å²) in [6.07, 6.45) is 9.16. The first-order chi connectivity index (χ1) is 6.36. The van der Waals surface area contributed by atoms with Crippen LogP contribution >= 0.6 is 0 Å². The zero-order chi connectivity index (χ0) is 9.10. The largest absolute Gasteiger partial charge is 0.377 e. The first kappa shape index (κ1) is 8.42. The zero-order valence-electron chi connectivity index (χ0n) is 8.11. The van der Waals surface area contributed by atoms with E-state index in [0.29, 0.717) is 0 Å². The summed E-state index contributed by atoms with van der Waals surface area (Å²) >= 11 is 0. The predicted molar refractivity (Wildman–Crippen MR) is 55.3 cm³/mol. The van der Waals surface area contributed by atoms with Crippen LogP contribution in [0.1, 0.15) is 18.5 Å². The molecule has 2 heteroatoms. The molecule has 1 aliphatic heterocycles. The molecule has 0 aliphatic carbocycles. The lowest BCUT2D eigenvalue weighted by molar-refractivity contribution is 0.471. The second-order valence-electron chi connectivity index (χ2n) is 3.60. The molecule has 70 valence electrons. The predicted octanol–water partition coefficient (Wildman–Crippen LogP) is 2.09. The summed E-state index contributed by atoms with van der Waals surface area (Å²) in [5, 5.41) is 0. The summed E-state index contributed by atoms with van der Waals surface area (Å²) in [7, 11) is 2.07. The molecule has 0 N–H and O–H groups in total. The normalized spacial score (nSPS) is 17.5. The Labute approximate surface area is 79.5 Å². The van der Waals surface area contributed by atoms with Gasteiger partial charge in [-0.3, -0.25) is 0 Å². The lowest BCUT2D eigenvalue weighted by Crippen LogP contribution is -2.10. The Morgan fingerprint density at radius 2 is 2.08 bits per heavy atom. The molecular formula is C11H16N2. The maximum atomic E-state index is 2.38. The van der Waals surface area contributed by atoms with Crippen molar-refractivity contribution < 1.29 is 0 Å². The molecule has 0 amide bonds. The minimum absolute atomic E-state index is 1.22. The van der Waals surface area contributed by atoms with Gasteiger partial charge in [0, 0.05) is 38.2 Å². The number of nitrogens with zero attached hydrogens (tertiary/aromatic N) is 2. The van der Waals surface area contributed by atoms with Crippen LogP contribution in [0.4, 0.5) is 0 Å². The minimum Gasteiger partial charge on any atom is -0.377 e. The molecule has 0 spiro atoms. The zero-order valence-corrected chi connectivity index (χ0v) is 8.11. The van der Waals surface area contributed by atoms with Crippen LogP contribution in [-0.2, 0) is 7.05 Å². The highest BCUT2D eigenvalue weighted by Crippen LogP contribution is 2.09. The summed E-state index contributed by atoms with van der Waals surface area (Å²) in [4.78, 5) is 2.38. The number of likely N-dealkylation sites (tertiary alicyclic amines) is 1. The van der Waals surface area contributed by atoms with E-state index in [9.17, 15) is 0 Å². The molecule has 2 rings (SSSR count). The highest BCUT2D eigenvalue weighted by atomic mass is 15.1. The average molecular weight is 176 g/mol. The van der Waals surface area contributed by atoms with Gasteiger partial charge in [-0.1, -0.05) is 0 Å². The van der Waals surface area contributed by atoms with Crippen molar-refractivity contribution in [2.45, 2.75) is 12.8 Å². The number of aromatic nitrogens is 1. The Bertz CT molecular complexity index is 293. The Hall–Kier alpha value is -1.18. The highest BCUT2D eigenvalue weighted by Gasteiger charge is 2.05. The SMILES string of the molecule is Cn1cccc1/C=C/N1CCCC1. The van der Waals surface area contributed by atoms with Gasteiger partial charge < -0.3 is 9.47 Å². The Balaban J connectivity index is 2.00. The molecule has 1 aromatic rings. The molecule has 1 saturated heterocycles. The fourth-order valence-electron chi connectivity index (χ4n) is 1.72. The molecule has 2 nitrogen and oxygen atoms in total. The maximum Gasteiger partial charge on any atom is 0.0418 e. The van der Waals surface area contributed by atoms with E-state index in [0.717, 1.165) is 0 Å². The lowest BCUT2D eigenvalue weighted by atomic mass is 10.4. The van der Waals surface area contributed by atoms with Gasteiger partial charge in [0.05, 0.1) is 0 Å². The van der Waals surface area contributed by atoms with E-state index in [2.05, 4.69) is 47.1 Å². The first-order valence-corrected chi connectivity index (χ1v) is 4.90. The van der Waals surface area contributed by atoms with E-state index in [1.165, 1.54) is 31.6 Å². The van der Waals surface area contributed by atoms with E-state index in [-0.39, 0.29) is 0 Å². The minimum atomic E-state index is 1.22. The van der Waals surface area contributed by atoms with Crippen molar-refractivity contribution in [3.8, 4) is 0 Å². The summed E-state index contributed by atoms with van der Waals surface area (Å²) in [6.45, 7) is 2.45. The highest BCUT2D eigenvalue weighted by molar-refractivity contribution is 5.44. The molecule has 1 fully saturated rings. The lowest BCUT2D eigenvalue weighted by Gasteiger charge is -2.09. The molecule has 0 saturated carbocycles. The number of aryl methyl sites for hydroxylation is 1. The molecule has 13 heavy (non-hydrogen) atoms. The van der Waals surface area contributed by atoms with Crippen molar-refractivity contribution in [2.24, 2.45) is 7.05 Å². The quantitative estimate of drug-likeness (QED) is 0.670. The van der Waals surface area contributed by atoms with Crippen LogP contribution < -0.4 is 0 Å². The molecule has 1 aliphatic rings. The van der Waals surface area contributed by atoms with Crippen LogP contribution in [0.2, 0.25) is 0 Å². The van der Waals surface area contributed by atoms with Crippen LogP contribution in [0.15, 0.2) is 24.5 Å². The van der Waals surface area contributed by atoms with E-state index >= 15 is 0 Å². The number of hydrogen-bond donors (Lipinski definition) is 0. The average Bonchev–Trinajstić information content (AvgIpc) is 2.72. The molecule has 2 heterocycles. The molecule has 0 atom stereocenters. The monoisotopic (exact) mass is 176 g/mol. The summed E-state index contributed by atoms with van der Waals surface area (Å²) in [6, 6.07) is 4.20. The Morgan fingerprint density at radius 1 is 1.31 bits per heavy atom. The standard InChI is InChI=1S/C11H16N2/c1-12-7-4-5-11(12)6-10-13-8-2-3-9-13/h4-7,10H,2-3,8-9H2,1H3/b10-6+. The molecule has 0 unspecified atom stereocenters. The van der Waals surface area contributed by atoms with Crippen LogP contribution in [0.3, 0.4) is 0 Å². The van der Waals surface area contributed by atoms with Gasteiger partial charge in [0.15, 0.2) is 0 Å². The Morgan fingerprint density at radius 3 is 2.69 bits per heavy atom. The van der Waals surface area contributed by atoms with E-state index < -0.39 is 0 Å². The second-order valence-corrected chi connectivity index (χ2v) is 3.60. The molecule has 0 bridgehead atoms. The Kier molecular flexibility index (Phi) is 2.39.